The Morgan fingerprint density at radius 1 is 1.00 bits per heavy atom. The lowest BCUT2D eigenvalue weighted by Crippen LogP contribution is -2.12. The standard InChI is InChI=1S/C16H15NO3/c1-10-7-8-11(2)14(9-10)15(17-20)12-5-3-4-6-13(12)16(18)19/h3-9,20H,1-2H3,(H,18,19)/b17-15-. The van der Waals surface area contributed by atoms with E-state index in [0.29, 0.717) is 5.56 Å². The molecule has 0 heterocycles. The van der Waals surface area contributed by atoms with E-state index in [4.69, 9.17) is 0 Å². The SMILES string of the molecule is Cc1ccc(C)c(/C(=N\O)c2ccccc2C(=O)O)c1. The predicted octanol–water partition coefficient (Wildman–Crippen LogP) is 3.23. The average molecular weight is 269 g/mol. The normalized spacial score (nSPS) is 11.4. The van der Waals surface area contributed by atoms with Crippen LogP contribution in [0.5, 0.6) is 0 Å². The van der Waals surface area contributed by atoms with E-state index in [1.165, 1.54) is 6.07 Å². The highest BCUT2D eigenvalue weighted by Gasteiger charge is 2.17. The van der Waals surface area contributed by atoms with Gasteiger partial charge in [-0.3, -0.25) is 0 Å². The van der Waals surface area contributed by atoms with Gasteiger partial charge in [0, 0.05) is 11.1 Å². The molecule has 0 unspecified atom stereocenters. The zero-order valence-electron chi connectivity index (χ0n) is 11.3. The largest absolute Gasteiger partial charge is 0.478 e. The second kappa shape index (κ2) is 5.57. The minimum atomic E-state index is -1.05. The van der Waals surface area contributed by atoms with Crippen LogP contribution in [-0.4, -0.2) is 22.0 Å². The molecule has 2 rings (SSSR count). The van der Waals surface area contributed by atoms with Gasteiger partial charge in [-0.15, -0.1) is 0 Å². The number of benzene rings is 2. The summed E-state index contributed by atoms with van der Waals surface area (Å²) in [6.45, 7) is 3.82. The molecule has 0 saturated heterocycles. The zero-order chi connectivity index (χ0) is 14.7. The van der Waals surface area contributed by atoms with Crippen LogP contribution >= 0.6 is 0 Å². The number of hydrogen-bond donors (Lipinski definition) is 2. The highest BCUT2D eigenvalue weighted by atomic mass is 16.4. The third-order valence-corrected chi connectivity index (χ3v) is 3.16. The van der Waals surface area contributed by atoms with Crippen LogP contribution in [0.15, 0.2) is 47.6 Å². The fraction of sp³-hybridized carbons (Fsp3) is 0.125. The Labute approximate surface area is 117 Å². The van der Waals surface area contributed by atoms with Gasteiger partial charge in [-0.05, 0) is 31.5 Å². The van der Waals surface area contributed by atoms with Gasteiger partial charge in [0.2, 0.25) is 0 Å². The number of carbonyl (C=O) groups is 1. The van der Waals surface area contributed by atoms with Gasteiger partial charge in [0.05, 0.1) is 5.56 Å². The van der Waals surface area contributed by atoms with Crippen LogP contribution in [0, 0.1) is 13.8 Å². The second-order valence-corrected chi connectivity index (χ2v) is 4.62. The molecule has 2 aromatic rings. The summed E-state index contributed by atoms with van der Waals surface area (Å²) in [5.41, 5.74) is 3.44. The predicted molar refractivity (Wildman–Crippen MR) is 76.7 cm³/mol. The molecule has 0 fully saturated rings. The Bertz CT molecular complexity index is 690. The van der Waals surface area contributed by atoms with Gasteiger partial charge in [-0.25, -0.2) is 4.79 Å². The van der Waals surface area contributed by atoms with Gasteiger partial charge < -0.3 is 10.3 Å². The molecule has 0 saturated carbocycles. The van der Waals surface area contributed by atoms with Gasteiger partial charge in [-0.1, -0.05) is 41.1 Å². The highest BCUT2D eigenvalue weighted by Crippen LogP contribution is 2.19. The number of carboxylic acids is 1. The number of hydrogen-bond acceptors (Lipinski definition) is 3. The summed E-state index contributed by atoms with van der Waals surface area (Å²) < 4.78 is 0. The molecule has 102 valence electrons. The summed E-state index contributed by atoms with van der Waals surface area (Å²) in [7, 11) is 0. The maximum absolute atomic E-state index is 11.3. The summed E-state index contributed by atoms with van der Waals surface area (Å²) in [5.74, 6) is -1.05. The molecule has 0 bridgehead atoms. The van der Waals surface area contributed by atoms with Gasteiger partial charge in [0.25, 0.3) is 0 Å². The van der Waals surface area contributed by atoms with Gasteiger partial charge in [0.15, 0.2) is 0 Å². The van der Waals surface area contributed by atoms with Crippen LogP contribution < -0.4 is 0 Å². The number of aromatic carboxylic acids is 1. The van der Waals surface area contributed by atoms with Crippen molar-refractivity contribution in [2.24, 2.45) is 5.16 Å². The van der Waals surface area contributed by atoms with Crippen molar-refractivity contribution in [3.8, 4) is 0 Å². The minimum Gasteiger partial charge on any atom is -0.478 e. The van der Waals surface area contributed by atoms with E-state index in [1.807, 2.05) is 32.0 Å². The van der Waals surface area contributed by atoms with Gasteiger partial charge in [0.1, 0.15) is 5.71 Å². The topological polar surface area (TPSA) is 69.9 Å². The quantitative estimate of drug-likeness (QED) is 0.510. The first-order valence-corrected chi connectivity index (χ1v) is 6.17. The van der Waals surface area contributed by atoms with Crippen molar-refractivity contribution >= 4 is 11.7 Å². The molecule has 0 atom stereocenters. The maximum atomic E-state index is 11.3. The number of rotatable bonds is 3. The van der Waals surface area contributed by atoms with E-state index in [1.54, 1.807) is 18.2 Å². The summed E-state index contributed by atoms with van der Waals surface area (Å²) in [5, 5.41) is 21.9. The first-order chi connectivity index (χ1) is 9.54. The number of oxime groups is 1. The zero-order valence-corrected chi connectivity index (χ0v) is 11.3. The Kier molecular flexibility index (Phi) is 3.84. The van der Waals surface area contributed by atoms with E-state index in [9.17, 15) is 15.1 Å². The van der Waals surface area contributed by atoms with E-state index in [-0.39, 0.29) is 11.3 Å². The molecule has 0 spiro atoms. The molecule has 0 radical (unpaired) electrons. The Hall–Kier alpha value is -2.62. The van der Waals surface area contributed by atoms with E-state index < -0.39 is 5.97 Å². The number of carboxylic acid groups (broad SMARTS) is 1. The minimum absolute atomic E-state index is 0.112. The Balaban J connectivity index is 2.66. The summed E-state index contributed by atoms with van der Waals surface area (Å²) >= 11 is 0. The molecule has 0 aliphatic rings. The first kappa shape index (κ1) is 13.8. The van der Waals surface area contributed by atoms with Crippen LogP contribution in [0.3, 0.4) is 0 Å². The van der Waals surface area contributed by atoms with Gasteiger partial charge >= 0.3 is 5.97 Å². The molecule has 2 N–H and O–H groups in total. The summed E-state index contributed by atoms with van der Waals surface area (Å²) in [6.07, 6.45) is 0. The number of aryl methyl sites for hydroxylation is 2. The Morgan fingerprint density at radius 2 is 1.65 bits per heavy atom. The van der Waals surface area contributed by atoms with Crippen LogP contribution in [0.1, 0.15) is 32.6 Å². The molecule has 4 heteroatoms. The first-order valence-electron chi connectivity index (χ1n) is 6.17. The van der Waals surface area contributed by atoms with Crippen molar-refractivity contribution in [1.82, 2.24) is 0 Å². The van der Waals surface area contributed by atoms with Crippen molar-refractivity contribution in [2.75, 3.05) is 0 Å². The third-order valence-electron chi connectivity index (χ3n) is 3.16. The fourth-order valence-corrected chi connectivity index (χ4v) is 2.12. The van der Waals surface area contributed by atoms with Crippen molar-refractivity contribution in [1.29, 1.82) is 0 Å². The molecule has 0 amide bonds. The van der Waals surface area contributed by atoms with Crippen LogP contribution in [0.2, 0.25) is 0 Å². The monoisotopic (exact) mass is 269 g/mol. The lowest BCUT2D eigenvalue weighted by molar-refractivity contribution is 0.0696. The summed E-state index contributed by atoms with van der Waals surface area (Å²) in [6, 6.07) is 12.2. The lowest BCUT2D eigenvalue weighted by atomic mass is 9.93. The smallest absolute Gasteiger partial charge is 0.336 e. The maximum Gasteiger partial charge on any atom is 0.336 e. The van der Waals surface area contributed by atoms with Crippen LogP contribution in [0.4, 0.5) is 0 Å². The molecule has 0 aliphatic heterocycles. The van der Waals surface area contributed by atoms with E-state index in [0.717, 1.165) is 16.7 Å². The molecule has 4 nitrogen and oxygen atoms in total. The third kappa shape index (κ3) is 2.54. The average Bonchev–Trinajstić information content (AvgIpc) is 2.44. The second-order valence-electron chi connectivity index (χ2n) is 4.62. The van der Waals surface area contributed by atoms with E-state index >= 15 is 0 Å². The van der Waals surface area contributed by atoms with Crippen molar-refractivity contribution < 1.29 is 15.1 Å². The number of nitrogens with zero attached hydrogens (tertiary/aromatic N) is 1. The molecular weight excluding hydrogens is 254 g/mol. The molecule has 2 aromatic carbocycles. The lowest BCUT2D eigenvalue weighted by Gasteiger charge is -2.11. The Morgan fingerprint density at radius 3 is 2.25 bits per heavy atom. The molecule has 0 aromatic heterocycles. The van der Waals surface area contributed by atoms with Crippen molar-refractivity contribution in [3.05, 3.63) is 70.3 Å². The van der Waals surface area contributed by atoms with E-state index in [2.05, 4.69) is 5.16 Å². The van der Waals surface area contributed by atoms with Gasteiger partial charge in [-0.2, -0.15) is 0 Å². The highest BCUT2D eigenvalue weighted by molar-refractivity contribution is 6.17. The molecule has 20 heavy (non-hydrogen) atoms. The fourth-order valence-electron chi connectivity index (χ4n) is 2.12. The summed E-state index contributed by atoms with van der Waals surface area (Å²) in [4.78, 5) is 11.3. The molecular formula is C16H15NO3. The van der Waals surface area contributed by atoms with Crippen molar-refractivity contribution in [3.63, 3.8) is 0 Å². The van der Waals surface area contributed by atoms with Crippen LogP contribution in [-0.2, 0) is 0 Å². The van der Waals surface area contributed by atoms with Crippen molar-refractivity contribution in [2.45, 2.75) is 13.8 Å². The molecule has 0 aliphatic carbocycles. The van der Waals surface area contributed by atoms with Crippen LogP contribution in [0.25, 0.3) is 0 Å².